The van der Waals surface area contributed by atoms with Crippen molar-refractivity contribution in [3.8, 4) is 0 Å². The zero-order valence-electron chi connectivity index (χ0n) is 18.5. The second kappa shape index (κ2) is 13.9. The number of hydrogen-bond acceptors (Lipinski definition) is 7. The first-order valence-corrected chi connectivity index (χ1v) is 10.7. The number of nitrogens with one attached hydrogen (secondary N) is 4. The number of carboxylic acid groups (broad SMARTS) is 2. The highest BCUT2D eigenvalue weighted by Crippen LogP contribution is 2.07. The lowest BCUT2D eigenvalue weighted by Crippen LogP contribution is -2.56. The van der Waals surface area contributed by atoms with Crippen LogP contribution in [-0.4, -0.2) is 83.1 Å². The van der Waals surface area contributed by atoms with E-state index in [0.29, 0.717) is 19.4 Å². The number of nitrogens with zero attached hydrogens (tertiary/aromatic N) is 1. The van der Waals surface area contributed by atoms with Gasteiger partial charge in [0.25, 0.3) is 0 Å². The lowest BCUT2D eigenvalue weighted by atomic mass is 10.1. The van der Waals surface area contributed by atoms with Crippen molar-refractivity contribution in [1.29, 1.82) is 0 Å². The molecule has 1 heterocycles. The van der Waals surface area contributed by atoms with E-state index in [0.717, 1.165) is 6.42 Å². The first kappa shape index (κ1) is 27.6. The van der Waals surface area contributed by atoms with Gasteiger partial charge in [0.05, 0.1) is 6.04 Å². The molecule has 0 aliphatic carbocycles. The molecule has 0 bridgehead atoms. The molecule has 1 fully saturated rings. The molecular formula is C19H33N7O7. The van der Waals surface area contributed by atoms with Crippen LogP contribution in [0.4, 0.5) is 0 Å². The number of hydrogen-bond donors (Lipinski definition) is 8. The molecule has 3 amide bonds. The normalized spacial score (nSPS) is 17.8. The third-order valence-electron chi connectivity index (χ3n) is 4.97. The fraction of sp³-hybridized carbons (Fsp3) is 0.684. The number of carbonyl (C=O) groups excluding carboxylic acids is 3. The summed E-state index contributed by atoms with van der Waals surface area (Å²) in [4.78, 5) is 63.3. The van der Waals surface area contributed by atoms with Gasteiger partial charge in [-0.05, 0) is 45.6 Å². The Morgan fingerprint density at radius 3 is 2.27 bits per heavy atom. The fourth-order valence-corrected chi connectivity index (χ4v) is 3.15. The Kier molecular flexibility index (Phi) is 11.6. The topological polar surface area (TPSA) is 238 Å². The van der Waals surface area contributed by atoms with Crippen molar-refractivity contribution in [1.82, 2.24) is 21.3 Å². The van der Waals surface area contributed by atoms with E-state index in [1.807, 2.05) is 0 Å². The molecule has 0 aromatic heterocycles. The van der Waals surface area contributed by atoms with Crippen molar-refractivity contribution in [3.05, 3.63) is 0 Å². The first-order valence-electron chi connectivity index (χ1n) is 10.7. The summed E-state index contributed by atoms with van der Waals surface area (Å²) in [7, 11) is 0. The van der Waals surface area contributed by atoms with Crippen LogP contribution in [0.2, 0.25) is 0 Å². The average molecular weight is 472 g/mol. The average Bonchev–Trinajstić information content (AvgIpc) is 3.27. The summed E-state index contributed by atoms with van der Waals surface area (Å²) in [6.45, 7) is 2.28. The molecular weight excluding hydrogens is 438 g/mol. The van der Waals surface area contributed by atoms with E-state index < -0.39 is 54.3 Å². The van der Waals surface area contributed by atoms with Gasteiger partial charge in [-0.15, -0.1) is 0 Å². The second-order valence-electron chi connectivity index (χ2n) is 7.72. The van der Waals surface area contributed by atoms with E-state index in [4.69, 9.17) is 16.6 Å². The highest BCUT2D eigenvalue weighted by atomic mass is 16.4. The van der Waals surface area contributed by atoms with Crippen molar-refractivity contribution in [2.24, 2.45) is 16.5 Å². The minimum Gasteiger partial charge on any atom is -0.481 e. The Morgan fingerprint density at radius 1 is 1.03 bits per heavy atom. The van der Waals surface area contributed by atoms with Gasteiger partial charge >= 0.3 is 11.9 Å². The SMILES string of the molecule is CC(NC(=O)C(CCCN=C(N)N)NC(=O)C1CCCN1)C(=O)NC(CCC(=O)O)C(=O)O. The minimum absolute atomic E-state index is 0.101. The number of rotatable bonds is 14. The summed E-state index contributed by atoms with van der Waals surface area (Å²) in [5, 5.41) is 28.2. The van der Waals surface area contributed by atoms with Gasteiger partial charge in [0.15, 0.2) is 5.96 Å². The van der Waals surface area contributed by atoms with Crippen LogP contribution in [0.3, 0.4) is 0 Å². The van der Waals surface area contributed by atoms with Crippen molar-refractivity contribution in [3.63, 3.8) is 0 Å². The summed E-state index contributed by atoms with van der Waals surface area (Å²) in [5.74, 6) is -4.47. The summed E-state index contributed by atoms with van der Waals surface area (Å²) in [5.41, 5.74) is 10.6. The predicted molar refractivity (Wildman–Crippen MR) is 117 cm³/mol. The zero-order valence-corrected chi connectivity index (χ0v) is 18.5. The van der Waals surface area contributed by atoms with Crippen LogP contribution in [0.1, 0.15) is 45.4 Å². The Bertz CT molecular complexity index is 749. The maximum atomic E-state index is 12.8. The molecule has 4 unspecified atom stereocenters. The number of nitrogens with two attached hydrogens (primary N) is 2. The molecule has 1 aliphatic rings. The van der Waals surface area contributed by atoms with Gasteiger partial charge in [-0.2, -0.15) is 0 Å². The number of aliphatic carboxylic acids is 2. The molecule has 1 aliphatic heterocycles. The second-order valence-corrected chi connectivity index (χ2v) is 7.72. The van der Waals surface area contributed by atoms with Gasteiger partial charge in [0, 0.05) is 13.0 Å². The molecule has 4 atom stereocenters. The Hall–Kier alpha value is -3.42. The molecule has 0 aromatic carbocycles. The number of aliphatic imine (C=N–C) groups is 1. The number of carbonyl (C=O) groups is 5. The van der Waals surface area contributed by atoms with Gasteiger partial charge in [-0.25, -0.2) is 4.79 Å². The molecule has 0 saturated carbocycles. The van der Waals surface area contributed by atoms with Gasteiger partial charge in [-0.3, -0.25) is 24.2 Å². The molecule has 14 heteroatoms. The minimum atomic E-state index is -1.42. The van der Waals surface area contributed by atoms with Crippen molar-refractivity contribution < 1.29 is 34.2 Å². The highest BCUT2D eigenvalue weighted by Gasteiger charge is 2.29. The van der Waals surface area contributed by atoms with E-state index in [9.17, 15) is 29.1 Å². The van der Waals surface area contributed by atoms with Gasteiger partial charge in [0.2, 0.25) is 17.7 Å². The Labute approximate surface area is 190 Å². The number of amides is 3. The van der Waals surface area contributed by atoms with Crippen LogP contribution in [0.15, 0.2) is 4.99 Å². The zero-order chi connectivity index (χ0) is 25.0. The van der Waals surface area contributed by atoms with E-state index >= 15 is 0 Å². The summed E-state index contributed by atoms with van der Waals surface area (Å²) in [6, 6.07) is -3.93. The Morgan fingerprint density at radius 2 is 1.73 bits per heavy atom. The van der Waals surface area contributed by atoms with E-state index in [1.165, 1.54) is 6.92 Å². The molecule has 0 aromatic rings. The molecule has 14 nitrogen and oxygen atoms in total. The summed E-state index contributed by atoms with van der Waals surface area (Å²) >= 11 is 0. The highest BCUT2D eigenvalue weighted by molar-refractivity contribution is 5.94. The van der Waals surface area contributed by atoms with Gasteiger partial charge in [0.1, 0.15) is 18.1 Å². The van der Waals surface area contributed by atoms with E-state index in [-0.39, 0.29) is 31.3 Å². The van der Waals surface area contributed by atoms with Crippen LogP contribution in [-0.2, 0) is 24.0 Å². The third kappa shape index (κ3) is 10.6. The van der Waals surface area contributed by atoms with Crippen molar-refractivity contribution >= 4 is 35.6 Å². The van der Waals surface area contributed by atoms with E-state index in [1.54, 1.807) is 0 Å². The molecule has 1 rings (SSSR count). The van der Waals surface area contributed by atoms with Crippen LogP contribution < -0.4 is 32.7 Å². The van der Waals surface area contributed by atoms with Gasteiger partial charge < -0.3 is 42.9 Å². The monoisotopic (exact) mass is 471 g/mol. The lowest BCUT2D eigenvalue weighted by Gasteiger charge is -2.23. The smallest absolute Gasteiger partial charge is 0.326 e. The quantitative estimate of drug-likeness (QED) is 0.0736. The molecule has 0 spiro atoms. The summed E-state index contributed by atoms with van der Waals surface area (Å²) < 4.78 is 0. The van der Waals surface area contributed by atoms with E-state index in [2.05, 4.69) is 26.3 Å². The van der Waals surface area contributed by atoms with Crippen molar-refractivity contribution in [2.75, 3.05) is 13.1 Å². The van der Waals surface area contributed by atoms with Crippen molar-refractivity contribution in [2.45, 2.75) is 69.6 Å². The standard InChI is InChI=1S/C19H33N7O7/c1-10(15(29)26-13(18(32)33)6-7-14(27)28)24-17(31)12(5-3-9-23-19(20)21)25-16(30)11-4-2-8-22-11/h10-13,22H,2-9H2,1H3,(H,24,31)(H,25,30)(H,26,29)(H,27,28)(H,32,33)(H4,20,21,23). The van der Waals surface area contributed by atoms with Crippen LogP contribution in [0.5, 0.6) is 0 Å². The number of carboxylic acids is 2. The lowest BCUT2D eigenvalue weighted by molar-refractivity contribution is -0.143. The van der Waals surface area contributed by atoms with Crippen LogP contribution in [0, 0.1) is 0 Å². The molecule has 0 radical (unpaired) electrons. The number of guanidine groups is 1. The summed E-state index contributed by atoms with van der Waals surface area (Å²) in [6.07, 6.45) is 1.30. The predicted octanol–water partition coefficient (Wildman–Crippen LogP) is -2.78. The van der Waals surface area contributed by atoms with Crippen LogP contribution >= 0.6 is 0 Å². The largest absolute Gasteiger partial charge is 0.481 e. The molecule has 186 valence electrons. The first-order chi connectivity index (χ1) is 15.5. The molecule has 10 N–H and O–H groups in total. The maximum Gasteiger partial charge on any atom is 0.326 e. The fourth-order valence-electron chi connectivity index (χ4n) is 3.15. The molecule has 1 saturated heterocycles. The van der Waals surface area contributed by atoms with Crippen LogP contribution in [0.25, 0.3) is 0 Å². The Balaban J connectivity index is 2.73. The molecule has 33 heavy (non-hydrogen) atoms. The van der Waals surface area contributed by atoms with Gasteiger partial charge in [-0.1, -0.05) is 0 Å². The maximum absolute atomic E-state index is 12.8. The third-order valence-corrected chi connectivity index (χ3v) is 4.97.